The Morgan fingerprint density at radius 3 is 2.64 bits per heavy atom. The van der Waals surface area contributed by atoms with Crippen molar-refractivity contribution in [3.8, 4) is 0 Å². The zero-order chi connectivity index (χ0) is 16.2. The summed E-state index contributed by atoms with van der Waals surface area (Å²) >= 11 is 3.11. The maximum absolute atomic E-state index is 12.2. The molecule has 0 atom stereocenters. The maximum atomic E-state index is 12.2. The number of carbonyl (C=O) groups is 1. The first kappa shape index (κ1) is 17.4. The molecule has 9 heteroatoms. The predicted octanol–water partition coefficient (Wildman–Crippen LogP) is 0.758. The van der Waals surface area contributed by atoms with Crippen LogP contribution in [0.15, 0.2) is 27.6 Å². The molecule has 1 aliphatic rings. The molecule has 1 aromatic carbocycles. The predicted molar refractivity (Wildman–Crippen MR) is 83.5 cm³/mol. The van der Waals surface area contributed by atoms with E-state index in [0.29, 0.717) is 19.8 Å². The number of hydrogen-bond donors (Lipinski definition) is 2. The molecule has 0 unspecified atom stereocenters. The quantitative estimate of drug-likeness (QED) is 0.741. The fourth-order valence-corrected chi connectivity index (χ4v) is 4.19. The highest BCUT2D eigenvalue weighted by molar-refractivity contribution is 9.10. The van der Waals surface area contributed by atoms with Crippen LogP contribution in [0.5, 0.6) is 0 Å². The van der Waals surface area contributed by atoms with Gasteiger partial charge < -0.3 is 9.84 Å². The first-order valence-electron chi connectivity index (χ1n) is 6.73. The molecule has 1 heterocycles. The van der Waals surface area contributed by atoms with Gasteiger partial charge in [-0.2, -0.15) is 0 Å². The summed E-state index contributed by atoms with van der Waals surface area (Å²) in [5.74, 6) is -1.11. The van der Waals surface area contributed by atoms with E-state index in [-0.39, 0.29) is 21.5 Å². The fraction of sp³-hybridized carbons (Fsp3) is 0.462. The van der Waals surface area contributed by atoms with Gasteiger partial charge in [-0.1, -0.05) is 0 Å². The van der Waals surface area contributed by atoms with E-state index in [1.165, 1.54) is 18.2 Å². The second kappa shape index (κ2) is 7.51. The van der Waals surface area contributed by atoms with Gasteiger partial charge >= 0.3 is 5.97 Å². The molecule has 0 radical (unpaired) electrons. The summed E-state index contributed by atoms with van der Waals surface area (Å²) in [5, 5.41) is 8.89. The third-order valence-corrected chi connectivity index (χ3v) is 5.73. The standard InChI is InChI=1S/C13H17BrN2O5S/c14-11-9-10(13(17)18)1-2-12(11)22(19,20)15-3-4-16-5-7-21-8-6-16/h1-2,9,15H,3-8H2,(H,17,18). The Morgan fingerprint density at radius 2 is 2.05 bits per heavy atom. The van der Waals surface area contributed by atoms with Crippen molar-refractivity contribution in [1.82, 2.24) is 9.62 Å². The van der Waals surface area contributed by atoms with Crippen LogP contribution < -0.4 is 4.72 Å². The fourth-order valence-electron chi connectivity index (χ4n) is 2.09. The Balaban J connectivity index is 1.99. The van der Waals surface area contributed by atoms with E-state index >= 15 is 0 Å². The minimum absolute atomic E-state index is 0.0270. The molecule has 0 aliphatic carbocycles. The Labute approximate surface area is 137 Å². The van der Waals surface area contributed by atoms with Crippen LogP contribution in [-0.2, 0) is 14.8 Å². The van der Waals surface area contributed by atoms with Crippen molar-refractivity contribution in [2.24, 2.45) is 0 Å². The van der Waals surface area contributed by atoms with Gasteiger partial charge in [-0.25, -0.2) is 17.9 Å². The van der Waals surface area contributed by atoms with Crippen LogP contribution in [0.3, 0.4) is 0 Å². The summed E-state index contributed by atoms with van der Waals surface area (Å²) in [4.78, 5) is 13.0. The van der Waals surface area contributed by atoms with Gasteiger partial charge in [0, 0.05) is 30.7 Å². The Kier molecular flexibility index (Phi) is 5.93. The first-order chi connectivity index (χ1) is 10.4. The molecule has 1 fully saturated rings. The third-order valence-electron chi connectivity index (χ3n) is 3.29. The zero-order valence-electron chi connectivity index (χ0n) is 11.8. The molecule has 2 N–H and O–H groups in total. The number of carboxylic acid groups (broad SMARTS) is 1. The number of benzene rings is 1. The van der Waals surface area contributed by atoms with E-state index in [9.17, 15) is 13.2 Å². The number of aromatic carboxylic acids is 1. The minimum Gasteiger partial charge on any atom is -0.478 e. The SMILES string of the molecule is O=C(O)c1ccc(S(=O)(=O)NCCN2CCOCC2)c(Br)c1. The number of morpholine rings is 1. The third kappa shape index (κ3) is 4.50. The van der Waals surface area contributed by atoms with E-state index in [1.54, 1.807) is 0 Å². The molecule has 1 aromatic rings. The lowest BCUT2D eigenvalue weighted by Crippen LogP contribution is -2.41. The smallest absolute Gasteiger partial charge is 0.335 e. The summed E-state index contributed by atoms with van der Waals surface area (Å²) in [6, 6.07) is 3.83. The molecule has 7 nitrogen and oxygen atoms in total. The molecule has 0 spiro atoms. The van der Waals surface area contributed by atoms with Crippen molar-refractivity contribution in [2.45, 2.75) is 4.90 Å². The van der Waals surface area contributed by atoms with Gasteiger partial charge in [-0.3, -0.25) is 4.90 Å². The normalized spacial score (nSPS) is 16.6. The summed E-state index contributed by atoms with van der Waals surface area (Å²) in [6.07, 6.45) is 0. The van der Waals surface area contributed by atoms with Crippen LogP contribution in [0.1, 0.15) is 10.4 Å². The van der Waals surface area contributed by atoms with E-state index in [4.69, 9.17) is 9.84 Å². The number of hydrogen-bond acceptors (Lipinski definition) is 5. The number of carboxylic acids is 1. The maximum Gasteiger partial charge on any atom is 0.335 e. The van der Waals surface area contributed by atoms with E-state index in [0.717, 1.165) is 13.1 Å². The van der Waals surface area contributed by atoms with Crippen LogP contribution in [0, 0.1) is 0 Å². The van der Waals surface area contributed by atoms with Gasteiger partial charge in [0.1, 0.15) is 0 Å². The van der Waals surface area contributed by atoms with Gasteiger partial charge in [0.2, 0.25) is 10.0 Å². The summed E-state index contributed by atoms with van der Waals surface area (Å²) in [5.41, 5.74) is 0.0270. The topological polar surface area (TPSA) is 95.9 Å². The molecule has 0 amide bonds. The second-order valence-corrected chi connectivity index (χ2v) is 7.39. The molecule has 122 valence electrons. The van der Waals surface area contributed by atoms with Crippen LogP contribution in [0.4, 0.5) is 0 Å². The van der Waals surface area contributed by atoms with E-state index < -0.39 is 16.0 Å². The van der Waals surface area contributed by atoms with Crippen molar-refractivity contribution in [1.29, 1.82) is 0 Å². The summed E-state index contributed by atoms with van der Waals surface area (Å²) in [6.45, 7) is 3.80. The zero-order valence-corrected chi connectivity index (χ0v) is 14.2. The number of halogens is 1. The molecule has 2 rings (SSSR count). The van der Waals surface area contributed by atoms with E-state index in [2.05, 4.69) is 25.6 Å². The Morgan fingerprint density at radius 1 is 1.36 bits per heavy atom. The largest absolute Gasteiger partial charge is 0.478 e. The number of ether oxygens (including phenoxy) is 1. The van der Waals surface area contributed by atoms with E-state index in [1.807, 2.05) is 0 Å². The van der Waals surface area contributed by atoms with Crippen LogP contribution >= 0.6 is 15.9 Å². The average Bonchev–Trinajstić information content (AvgIpc) is 2.47. The average molecular weight is 393 g/mol. The van der Waals surface area contributed by atoms with Crippen molar-refractivity contribution in [2.75, 3.05) is 39.4 Å². The Bertz CT molecular complexity index is 644. The highest BCUT2D eigenvalue weighted by Crippen LogP contribution is 2.23. The van der Waals surface area contributed by atoms with Crippen molar-refractivity contribution < 1.29 is 23.1 Å². The lowest BCUT2D eigenvalue weighted by atomic mass is 10.2. The Hall–Kier alpha value is -1.00. The van der Waals surface area contributed by atoms with Crippen molar-refractivity contribution >= 4 is 31.9 Å². The van der Waals surface area contributed by atoms with Gasteiger partial charge in [0.05, 0.1) is 23.7 Å². The first-order valence-corrected chi connectivity index (χ1v) is 9.00. The van der Waals surface area contributed by atoms with Crippen LogP contribution in [0.25, 0.3) is 0 Å². The molecule has 22 heavy (non-hydrogen) atoms. The molecule has 0 bridgehead atoms. The van der Waals surface area contributed by atoms with Gasteiger partial charge in [0.15, 0.2) is 0 Å². The molecule has 0 saturated carbocycles. The summed E-state index contributed by atoms with van der Waals surface area (Å²) < 4.78 is 32.5. The molecular formula is C13H17BrN2O5S. The van der Waals surface area contributed by atoms with Gasteiger partial charge in [0.25, 0.3) is 0 Å². The number of nitrogens with one attached hydrogen (secondary N) is 1. The minimum atomic E-state index is -3.68. The van der Waals surface area contributed by atoms with Gasteiger partial charge in [-0.05, 0) is 34.1 Å². The van der Waals surface area contributed by atoms with Gasteiger partial charge in [-0.15, -0.1) is 0 Å². The highest BCUT2D eigenvalue weighted by atomic mass is 79.9. The molecule has 1 saturated heterocycles. The number of rotatable bonds is 6. The van der Waals surface area contributed by atoms with Crippen molar-refractivity contribution in [3.05, 3.63) is 28.2 Å². The number of nitrogens with zero attached hydrogens (tertiary/aromatic N) is 1. The molecule has 1 aliphatic heterocycles. The lowest BCUT2D eigenvalue weighted by molar-refractivity contribution is 0.0390. The molecular weight excluding hydrogens is 376 g/mol. The van der Waals surface area contributed by atoms with Crippen molar-refractivity contribution in [3.63, 3.8) is 0 Å². The summed E-state index contributed by atoms with van der Waals surface area (Å²) in [7, 11) is -3.68. The molecule has 0 aromatic heterocycles. The number of sulfonamides is 1. The highest BCUT2D eigenvalue weighted by Gasteiger charge is 2.19. The van der Waals surface area contributed by atoms with Crippen LogP contribution in [0.2, 0.25) is 0 Å². The van der Waals surface area contributed by atoms with Crippen LogP contribution in [-0.4, -0.2) is 63.8 Å². The second-order valence-electron chi connectivity index (χ2n) is 4.80. The monoisotopic (exact) mass is 392 g/mol. The lowest BCUT2D eigenvalue weighted by Gasteiger charge is -2.26.